The molecule has 2 bridgehead atoms. The molecule has 0 spiro atoms. The molecule has 2 aromatic heterocycles. The Morgan fingerprint density at radius 2 is 1.85 bits per heavy atom. The Balaban J connectivity index is 1.07. The summed E-state index contributed by atoms with van der Waals surface area (Å²) in [5.74, 6) is 0.545. The number of esters is 1. The Hall–Kier alpha value is -3.74. The summed E-state index contributed by atoms with van der Waals surface area (Å²) in [5.41, 5.74) is 0.980. The maximum absolute atomic E-state index is 14.4. The molecule has 4 fully saturated rings. The van der Waals surface area contributed by atoms with Crippen LogP contribution in [0, 0.1) is 29.5 Å². The second-order valence-electron chi connectivity index (χ2n) is 10.9. The van der Waals surface area contributed by atoms with E-state index in [1.807, 2.05) is 0 Å². The van der Waals surface area contributed by atoms with Gasteiger partial charge in [0, 0.05) is 41.7 Å². The van der Waals surface area contributed by atoms with Crippen LogP contribution in [0.5, 0.6) is 0 Å². The van der Waals surface area contributed by atoms with E-state index in [0.29, 0.717) is 40.2 Å². The average Bonchev–Trinajstić information content (AvgIpc) is 2.93. The first-order chi connectivity index (χ1) is 19.8. The average molecular weight is 582 g/mol. The van der Waals surface area contributed by atoms with E-state index in [1.165, 1.54) is 31.6 Å². The van der Waals surface area contributed by atoms with Gasteiger partial charge in [-0.05, 0) is 55.4 Å². The number of rotatable bonds is 8. The normalized spacial score (nSPS) is 25.0. The van der Waals surface area contributed by atoms with Crippen molar-refractivity contribution >= 4 is 40.8 Å². The fraction of sp³-hybridized carbons (Fsp3) is 0.429. The van der Waals surface area contributed by atoms with Crippen LogP contribution < -0.4 is 10.6 Å². The highest BCUT2D eigenvalue weighted by Gasteiger charge is 2.53. The molecular weight excluding hydrogens is 553 g/mol. The maximum Gasteiger partial charge on any atom is 0.309 e. The predicted molar refractivity (Wildman–Crippen MR) is 147 cm³/mol. The number of carbonyl (C=O) groups excluding carboxylic acids is 2. The van der Waals surface area contributed by atoms with Crippen molar-refractivity contribution in [2.75, 3.05) is 30.8 Å². The largest absolute Gasteiger partial charge is 0.469 e. The Morgan fingerprint density at radius 3 is 2.59 bits per heavy atom. The van der Waals surface area contributed by atoms with Crippen LogP contribution in [0.4, 0.5) is 21.7 Å². The lowest BCUT2D eigenvalue weighted by Gasteiger charge is -2.56. The molecule has 13 heteroatoms. The molecule has 0 radical (unpaired) electrons. The molecule has 3 N–H and O–H groups in total. The lowest BCUT2D eigenvalue weighted by molar-refractivity contribution is -0.166. The van der Waals surface area contributed by atoms with Crippen LogP contribution in [-0.4, -0.2) is 68.3 Å². The molecule has 4 heterocycles. The fourth-order valence-electron chi connectivity index (χ4n) is 6.17. The summed E-state index contributed by atoms with van der Waals surface area (Å²) in [6.07, 6.45) is 3.90. The fourth-order valence-corrected chi connectivity index (χ4v) is 6.34. The van der Waals surface area contributed by atoms with Gasteiger partial charge in [0.15, 0.2) is 0 Å². The number of hydrogen-bond donors (Lipinski definition) is 3. The first kappa shape index (κ1) is 27.4. The first-order valence-electron chi connectivity index (χ1n) is 13.5. The summed E-state index contributed by atoms with van der Waals surface area (Å²) in [7, 11) is 1.45. The van der Waals surface area contributed by atoms with E-state index in [4.69, 9.17) is 16.3 Å². The molecule has 1 aromatic carbocycles. The molecular formula is C28H29ClFN7O4. The predicted octanol–water partition coefficient (Wildman–Crippen LogP) is 3.42. The van der Waals surface area contributed by atoms with E-state index in [-0.39, 0.29) is 40.7 Å². The molecule has 7 rings (SSSR count). The van der Waals surface area contributed by atoms with E-state index >= 15 is 0 Å². The van der Waals surface area contributed by atoms with Crippen LogP contribution >= 0.6 is 11.6 Å². The number of hydrogen-bond acceptors (Lipinski definition) is 10. The van der Waals surface area contributed by atoms with Crippen molar-refractivity contribution in [3.63, 3.8) is 0 Å². The number of benzene rings is 1. The Kier molecular flexibility index (Phi) is 7.54. The third-order valence-electron chi connectivity index (χ3n) is 8.44. The number of carbonyl (C=O) groups is 2. The summed E-state index contributed by atoms with van der Waals surface area (Å²) in [4.78, 5) is 35.7. The van der Waals surface area contributed by atoms with Crippen molar-refractivity contribution in [2.24, 2.45) is 23.7 Å². The SMILES string of the molecule is COC(=O)C1C2CC1CN(C1CC(C(=O)Nc3cc(Nc4cc(-c5cc(Cl)ccc5F)nnc4CO)ncn3)C1)C2. The molecule has 2 aliphatic heterocycles. The zero-order valence-corrected chi connectivity index (χ0v) is 23.0. The molecule has 214 valence electrons. The molecule has 11 nitrogen and oxygen atoms in total. The molecule has 3 aromatic rings. The van der Waals surface area contributed by atoms with Gasteiger partial charge in [0.05, 0.1) is 31.0 Å². The van der Waals surface area contributed by atoms with Crippen LogP contribution in [0.1, 0.15) is 25.0 Å². The Morgan fingerprint density at radius 1 is 1.10 bits per heavy atom. The summed E-state index contributed by atoms with van der Waals surface area (Å²) in [6, 6.07) is 7.57. The van der Waals surface area contributed by atoms with Crippen LogP contribution in [0.15, 0.2) is 36.7 Å². The lowest BCUT2D eigenvalue weighted by atomic mass is 9.60. The first-order valence-corrected chi connectivity index (χ1v) is 13.9. The monoisotopic (exact) mass is 581 g/mol. The van der Waals surface area contributed by atoms with Crippen LogP contribution in [-0.2, 0) is 20.9 Å². The minimum absolute atomic E-state index is 0.0250. The van der Waals surface area contributed by atoms with Gasteiger partial charge in [-0.1, -0.05) is 11.6 Å². The van der Waals surface area contributed by atoms with Crippen LogP contribution in [0.2, 0.25) is 5.02 Å². The van der Waals surface area contributed by atoms with E-state index in [9.17, 15) is 19.1 Å². The molecule has 2 saturated carbocycles. The second kappa shape index (κ2) is 11.3. The van der Waals surface area contributed by atoms with E-state index in [0.717, 1.165) is 32.4 Å². The third kappa shape index (κ3) is 5.46. The van der Waals surface area contributed by atoms with Crippen LogP contribution in [0.3, 0.4) is 0 Å². The lowest BCUT2D eigenvalue weighted by Crippen LogP contribution is -2.62. The summed E-state index contributed by atoms with van der Waals surface area (Å²) >= 11 is 6.03. The molecule has 2 aliphatic carbocycles. The summed E-state index contributed by atoms with van der Waals surface area (Å²) < 4.78 is 19.4. The van der Waals surface area contributed by atoms with Gasteiger partial charge in [0.1, 0.15) is 29.5 Å². The number of fused-ring (bicyclic) bond motifs is 2. The number of aliphatic hydroxyl groups is 1. The van der Waals surface area contributed by atoms with Gasteiger partial charge < -0.3 is 20.5 Å². The van der Waals surface area contributed by atoms with E-state index in [2.05, 4.69) is 35.7 Å². The number of nitrogens with zero attached hydrogens (tertiary/aromatic N) is 5. The van der Waals surface area contributed by atoms with Gasteiger partial charge in [-0.25, -0.2) is 14.4 Å². The van der Waals surface area contributed by atoms with Crippen molar-refractivity contribution in [1.82, 2.24) is 25.1 Å². The van der Waals surface area contributed by atoms with Crippen molar-refractivity contribution in [2.45, 2.75) is 31.9 Å². The van der Waals surface area contributed by atoms with Gasteiger partial charge in [0.25, 0.3) is 0 Å². The molecule has 2 unspecified atom stereocenters. The number of methoxy groups -OCH3 is 1. The van der Waals surface area contributed by atoms with Gasteiger partial charge in [-0.15, -0.1) is 5.10 Å². The zero-order chi connectivity index (χ0) is 28.7. The van der Waals surface area contributed by atoms with Gasteiger partial charge in [-0.3, -0.25) is 14.5 Å². The van der Waals surface area contributed by atoms with Crippen molar-refractivity contribution < 1.29 is 23.8 Å². The number of anilines is 3. The van der Waals surface area contributed by atoms with Gasteiger partial charge in [-0.2, -0.15) is 5.10 Å². The smallest absolute Gasteiger partial charge is 0.309 e. The highest BCUT2D eigenvalue weighted by molar-refractivity contribution is 6.30. The number of nitrogens with one attached hydrogen (secondary N) is 2. The van der Waals surface area contributed by atoms with Gasteiger partial charge in [0.2, 0.25) is 5.91 Å². The number of aromatic nitrogens is 4. The second-order valence-corrected chi connectivity index (χ2v) is 11.3. The van der Waals surface area contributed by atoms with E-state index < -0.39 is 12.4 Å². The van der Waals surface area contributed by atoms with Gasteiger partial charge >= 0.3 is 5.97 Å². The number of amides is 1. The Labute approximate surface area is 240 Å². The zero-order valence-electron chi connectivity index (χ0n) is 22.3. The standard InChI is InChI=1S/C28H29ClFN7O4/c1-41-28(40)26-15-4-16(26)11-37(10-15)18-5-14(6-18)27(39)34-25-9-24(31-13-32-25)33-22-8-21(35-36-23(22)12-38)19-7-17(29)2-3-20(19)30/h2-3,7-9,13-16,18,26,38H,4-6,10-12H2,1H3,(H2,31,32,33,34,35,39). The van der Waals surface area contributed by atoms with Crippen molar-refractivity contribution in [3.05, 3.63) is 53.2 Å². The minimum atomic E-state index is -0.515. The van der Waals surface area contributed by atoms with E-state index in [1.54, 1.807) is 12.1 Å². The maximum atomic E-state index is 14.4. The minimum Gasteiger partial charge on any atom is -0.469 e. The number of ether oxygens (including phenoxy) is 1. The molecule has 41 heavy (non-hydrogen) atoms. The quantitative estimate of drug-likeness (QED) is 0.339. The number of aliphatic hydroxyl groups excluding tert-OH is 1. The number of halogens is 2. The Bertz CT molecular complexity index is 1480. The molecule has 4 aliphatic rings. The molecule has 1 amide bonds. The topological polar surface area (TPSA) is 142 Å². The van der Waals surface area contributed by atoms with Crippen molar-refractivity contribution in [3.8, 4) is 11.3 Å². The number of piperidine rings is 2. The highest BCUT2D eigenvalue weighted by Crippen LogP contribution is 2.48. The molecule has 2 saturated heterocycles. The van der Waals surface area contributed by atoms with Crippen LogP contribution in [0.25, 0.3) is 11.3 Å². The third-order valence-corrected chi connectivity index (χ3v) is 8.67. The summed E-state index contributed by atoms with van der Waals surface area (Å²) in [5, 5.41) is 24.0. The summed E-state index contributed by atoms with van der Waals surface area (Å²) in [6.45, 7) is 1.34. The van der Waals surface area contributed by atoms with Crippen molar-refractivity contribution in [1.29, 1.82) is 0 Å². The highest BCUT2D eigenvalue weighted by atomic mass is 35.5. The molecule has 2 atom stereocenters.